The Morgan fingerprint density at radius 3 is 2.19 bits per heavy atom. The number of amides is 1. The number of ether oxygens (including phenoxy) is 1. The third kappa shape index (κ3) is 5.62. The predicted molar refractivity (Wildman–Crippen MR) is 123 cm³/mol. The third-order valence-electron chi connectivity index (χ3n) is 6.21. The van der Waals surface area contributed by atoms with Gasteiger partial charge in [-0.25, -0.2) is 21.1 Å². The first-order valence-corrected chi connectivity index (χ1v) is 14.2. The minimum Gasteiger partial charge on any atom is -0.495 e. The molecule has 0 atom stereocenters. The van der Waals surface area contributed by atoms with E-state index in [1.807, 2.05) is 0 Å². The number of hydrogen-bond donors (Lipinski definition) is 1. The van der Waals surface area contributed by atoms with Crippen LogP contribution in [0.15, 0.2) is 23.1 Å². The highest BCUT2D eigenvalue weighted by atomic mass is 32.2. The molecule has 0 aliphatic carbocycles. The molecule has 1 amide bonds. The van der Waals surface area contributed by atoms with Gasteiger partial charge in [-0.05, 0) is 50.8 Å². The van der Waals surface area contributed by atoms with Crippen molar-refractivity contribution in [2.24, 2.45) is 5.92 Å². The van der Waals surface area contributed by atoms with E-state index in [1.54, 1.807) is 13.0 Å². The standard InChI is InChI=1S/C21H33N3O6S2/c1-3-31(26,27)23-14-10-17(11-15-23)21(25)22-19-16-18(8-9-20(19)30-2)32(28,29)24-12-6-4-5-7-13-24/h8-9,16-17H,3-7,10-15H2,1-2H3,(H,22,25). The van der Waals surface area contributed by atoms with Gasteiger partial charge in [0.1, 0.15) is 5.75 Å². The summed E-state index contributed by atoms with van der Waals surface area (Å²) in [6, 6.07) is 4.51. The van der Waals surface area contributed by atoms with Gasteiger partial charge in [0.05, 0.1) is 23.4 Å². The van der Waals surface area contributed by atoms with Crippen LogP contribution < -0.4 is 10.1 Å². The zero-order valence-corrected chi connectivity index (χ0v) is 20.4. The molecule has 0 unspecified atom stereocenters. The second-order valence-corrected chi connectivity index (χ2v) is 12.4. The maximum Gasteiger partial charge on any atom is 0.243 e. The number of nitrogens with one attached hydrogen (secondary N) is 1. The van der Waals surface area contributed by atoms with Crippen molar-refractivity contribution in [1.29, 1.82) is 0 Å². The van der Waals surface area contributed by atoms with Gasteiger partial charge in [0.25, 0.3) is 0 Å². The van der Waals surface area contributed by atoms with Crippen molar-refractivity contribution < 1.29 is 26.4 Å². The third-order valence-corrected chi connectivity index (χ3v) is 9.99. The van der Waals surface area contributed by atoms with Crippen molar-refractivity contribution in [1.82, 2.24) is 8.61 Å². The molecule has 9 nitrogen and oxygen atoms in total. The van der Waals surface area contributed by atoms with Gasteiger partial charge < -0.3 is 10.1 Å². The molecule has 2 aliphatic heterocycles. The number of piperidine rings is 1. The van der Waals surface area contributed by atoms with Gasteiger partial charge in [0.2, 0.25) is 26.0 Å². The molecule has 0 bridgehead atoms. The minimum atomic E-state index is -3.67. The predicted octanol–water partition coefficient (Wildman–Crippen LogP) is 2.26. The van der Waals surface area contributed by atoms with Gasteiger partial charge in [0, 0.05) is 32.1 Å². The van der Waals surface area contributed by atoms with Crippen LogP contribution in [0, 0.1) is 5.92 Å². The van der Waals surface area contributed by atoms with Crippen LogP contribution in [0.1, 0.15) is 45.4 Å². The quantitative estimate of drug-likeness (QED) is 0.631. The molecule has 2 saturated heterocycles. The molecule has 1 N–H and O–H groups in total. The molecule has 32 heavy (non-hydrogen) atoms. The Morgan fingerprint density at radius 1 is 1.00 bits per heavy atom. The normalized spacial score (nSPS) is 19.9. The summed E-state index contributed by atoms with van der Waals surface area (Å²) < 4.78 is 58.6. The fourth-order valence-corrected chi connectivity index (χ4v) is 6.87. The Kier molecular flexibility index (Phi) is 8.18. The summed E-state index contributed by atoms with van der Waals surface area (Å²) in [5.74, 6) is -0.200. The minimum absolute atomic E-state index is 0.0410. The molecular formula is C21H33N3O6S2. The van der Waals surface area contributed by atoms with E-state index in [0.717, 1.165) is 25.7 Å². The van der Waals surface area contributed by atoms with Crippen molar-refractivity contribution in [2.45, 2.75) is 50.3 Å². The molecule has 0 aromatic heterocycles. The molecule has 180 valence electrons. The van der Waals surface area contributed by atoms with Gasteiger partial charge in [-0.3, -0.25) is 4.79 Å². The van der Waals surface area contributed by atoms with Crippen LogP contribution in [0.4, 0.5) is 5.69 Å². The number of nitrogens with zero attached hydrogens (tertiary/aromatic N) is 2. The second kappa shape index (κ2) is 10.5. The number of anilines is 1. The summed E-state index contributed by atoms with van der Waals surface area (Å²) in [5, 5.41) is 2.81. The maximum atomic E-state index is 13.1. The van der Waals surface area contributed by atoms with E-state index in [1.165, 1.54) is 27.9 Å². The Hall–Kier alpha value is -1.69. The zero-order chi connectivity index (χ0) is 23.4. The zero-order valence-electron chi connectivity index (χ0n) is 18.7. The second-order valence-electron chi connectivity index (χ2n) is 8.24. The fraction of sp³-hybridized carbons (Fsp3) is 0.667. The lowest BCUT2D eigenvalue weighted by Crippen LogP contribution is -2.42. The molecule has 0 spiro atoms. The lowest BCUT2D eigenvalue weighted by Gasteiger charge is -2.30. The van der Waals surface area contributed by atoms with Gasteiger partial charge in [0.15, 0.2) is 0 Å². The van der Waals surface area contributed by atoms with E-state index in [2.05, 4.69) is 5.32 Å². The van der Waals surface area contributed by atoms with Crippen LogP contribution >= 0.6 is 0 Å². The van der Waals surface area contributed by atoms with Crippen LogP contribution in [-0.4, -0.2) is 70.4 Å². The van der Waals surface area contributed by atoms with Crippen LogP contribution in [0.5, 0.6) is 5.75 Å². The molecule has 1 aromatic carbocycles. The largest absolute Gasteiger partial charge is 0.495 e. The van der Waals surface area contributed by atoms with E-state index in [4.69, 9.17) is 4.74 Å². The van der Waals surface area contributed by atoms with Crippen molar-refractivity contribution in [3.63, 3.8) is 0 Å². The van der Waals surface area contributed by atoms with Gasteiger partial charge in [-0.1, -0.05) is 12.8 Å². The number of carbonyl (C=O) groups is 1. The molecule has 11 heteroatoms. The van der Waals surface area contributed by atoms with E-state index < -0.39 is 20.0 Å². The van der Waals surface area contributed by atoms with Crippen molar-refractivity contribution in [3.05, 3.63) is 18.2 Å². The van der Waals surface area contributed by atoms with E-state index in [-0.39, 0.29) is 22.5 Å². The molecule has 2 heterocycles. The number of carbonyl (C=O) groups excluding carboxylic acids is 1. The van der Waals surface area contributed by atoms with Gasteiger partial charge in [-0.2, -0.15) is 4.31 Å². The first kappa shape index (κ1) is 24.9. The van der Waals surface area contributed by atoms with E-state index >= 15 is 0 Å². The molecule has 2 fully saturated rings. The first-order valence-electron chi connectivity index (χ1n) is 11.2. The van der Waals surface area contributed by atoms with Crippen LogP contribution in [-0.2, 0) is 24.8 Å². The summed E-state index contributed by atoms with van der Waals surface area (Å²) in [7, 11) is -5.47. The van der Waals surface area contributed by atoms with Crippen molar-refractivity contribution >= 4 is 31.6 Å². The smallest absolute Gasteiger partial charge is 0.243 e. The average molecular weight is 488 g/mol. The van der Waals surface area contributed by atoms with Gasteiger partial charge >= 0.3 is 0 Å². The summed E-state index contributed by atoms with van der Waals surface area (Å²) in [6.45, 7) is 3.20. The van der Waals surface area contributed by atoms with Crippen molar-refractivity contribution in [2.75, 3.05) is 44.4 Å². The maximum absolute atomic E-state index is 13.1. The summed E-state index contributed by atoms with van der Waals surface area (Å²) >= 11 is 0. The Labute approximate surface area is 191 Å². The lowest BCUT2D eigenvalue weighted by atomic mass is 9.97. The van der Waals surface area contributed by atoms with Crippen LogP contribution in [0.25, 0.3) is 0 Å². The molecule has 0 saturated carbocycles. The monoisotopic (exact) mass is 487 g/mol. The highest BCUT2D eigenvalue weighted by Gasteiger charge is 2.31. The Morgan fingerprint density at radius 2 is 1.62 bits per heavy atom. The summed E-state index contributed by atoms with van der Waals surface area (Å²) in [6.07, 6.45) is 4.55. The molecule has 2 aliphatic rings. The topological polar surface area (TPSA) is 113 Å². The average Bonchev–Trinajstić information content (AvgIpc) is 3.09. The van der Waals surface area contributed by atoms with Gasteiger partial charge in [-0.15, -0.1) is 0 Å². The number of hydrogen-bond acceptors (Lipinski definition) is 6. The molecule has 0 radical (unpaired) electrons. The van der Waals surface area contributed by atoms with Crippen LogP contribution in [0.2, 0.25) is 0 Å². The van der Waals surface area contributed by atoms with Crippen LogP contribution in [0.3, 0.4) is 0 Å². The lowest BCUT2D eigenvalue weighted by molar-refractivity contribution is -0.120. The SMILES string of the molecule is CCS(=O)(=O)N1CCC(C(=O)Nc2cc(S(=O)(=O)N3CCCCCC3)ccc2OC)CC1. The first-order chi connectivity index (χ1) is 15.2. The number of benzene rings is 1. The summed E-state index contributed by atoms with van der Waals surface area (Å²) in [4.78, 5) is 13.0. The van der Waals surface area contributed by atoms with Crippen molar-refractivity contribution in [3.8, 4) is 5.75 Å². The van der Waals surface area contributed by atoms with E-state index in [0.29, 0.717) is 50.5 Å². The fourth-order valence-electron chi connectivity index (χ4n) is 4.19. The molecule has 1 aromatic rings. The number of rotatable bonds is 7. The number of methoxy groups -OCH3 is 1. The number of sulfonamides is 2. The highest BCUT2D eigenvalue weighted by Crippen LogP contribution is 2.31. The molecule has 3 rings (SSSR count). The highest BCUT2D eigenvalue weighted by molar-refractivity contribution is 7.89. The Bertz CT molecular complexity index is 1010. The Balaban J connectivity index is 1.74. The van der Waals surface area contributed by atoms with E-state index in [9.17, 15) is 21.6 Å². The summed E-state index contributed by atoms with van der Waals surface area (Å²) in [5.41, 5.74) is 0.303. The molecular weight excluding hydrogens is 454 g/mol.